The molecule has 0 aliphatic heterocycles. The Balaban J connectivity index is 2.62. The molecule has 0 spiro atoms. The van der Waals surface area contributed by atoms with E-state index in [4.69, 9.17) is 15.2 Å². The van der Waals surface area contributed by atoms with Gasteiger partial charge in [-0.2, -0.15) is 0 Å². The fourth-order valence-corrected chi connectivity index (χ4v) is 2.86. The van der Waals surface area contributed by atoms with Gasteiger partial charge >= 0.3 is 0 Å². The maximum Gasteiger partial charge on any atom is 0.134 e. The average Bonchev–Trinajstić information content (AvgIpc) is 3.17. The maximum atomic E-state index is 14.4. The molecule has 1 fully saturated rings. The minimum Gasteiger partial charge on any atom is -0.496 e. The largest absolute Gasteiger partial charge is 0.496 e. The monoisotopic (exact) mass is 281 g/mol. The van der Waals surface area contributed by atoms with Crippen LogP contribution < -0.4 is 15.2 Å². The molecule has 1 atom stereocenters. The van der Waals surface area contributed by atoms with Gasteiger partial charge in [-0.15, -0.1) is 0 Å². The predicted octanol–water partition coefficient (Wildman–Crippen LogP) is 3.29. The molecule has 0 heterocycles. The minimum atomic E-state index is -1.47. The molecule has 1 aromatic rings. The summed E-state index contributed by atoms with van der Waals surface area (Å²) in [6.45, 7) is 5.07. The molecule has 1 unspecified atom stereocenters. The summed E-state index contributed by atoms with van der Waals surface area (Å²) in [7, 11) is 3.16. The average molecular weight is 281 g/mol. The van der Waals surface area contributed by atoms with E-state index in [1.807, 2.05) is 13.0 Å². The van der Waals surface area contributed by atoms with Crippen LogP contribution in [0, 0.1) is 0 Å². The van der Waals surface area contributed by atoms with Crippen LogP contribution in [-0.2, 0) is 11.1 Å². The molecule has 112 valence electrons. The van der Waals surface area contributed by atoms with Gasteiger partial charge in [0.25, 0.3) is 0 Å². The molecule has 0 radical (unpaired) electrons. The first kappa shape index (κ1) is 15.1. The van der Waals surface area contributed by atoms with E-state index in [0.29, 0.717) is 11.3 Å². The SMILES string of the molecule is COc1cc(OC)c(C2(C(C)N)CC2)cc1C(C)(C)F. The van der Waals surface area contributed by atoms with Gasteiger partial charge in [-0.05, 0) is 39.7 Å². The van der Waals surface area contributed by atoms with Crippen molar-refractivity contribution in [1.82, 2.24) is 0 Å². The lowest BCUT2D eigenvalue weighted by atomic mass is 9.85. The lowest BCUT2D eigenvalue weighted by Gasteiger charge is -2.26. The summed E-state index contributed by atoms with van der Waals surface area (Å²) in [5.41, 5.74) is 6.12. The molecule has 1 aliphatic rings. The molecular formula is C16H24FNO2. The molecule has 0 amide bonds. The Morgan fingerprint density at radius 2 is 1.75 bits per heavy atom. The topological polar surface area (TPSA) is 44.5 Å². The summed E-state index contributed by atoms with van der Waals surface area (Å²) >= 11 is 0. The number of benzene rings is 1. The standard InChI is InChI=1S/C16H24FNO2/c1-10(18)16(6-7-16)12-8-11(15(2,3)17)13(19-4)9-14(12)20-5/h8-10H,6-7,18H2,1-5H3. The van der Waals surface area contributed by atoms with Gasteiger partial charge in [0.2, 0.25) is 0 Å². The van der Waals surface area contributed by atoms with Crippen LogP contribution in [0.2, 0.25) is 0 Å². The number of methoxy groups -OCH3 is 2. The first-order valence-electron chi connectivity index (χ1n) is 6.97. The molecule has 1 aromatic carbocycles. The van der Waals surface area contributed by atoms with E-state index < -0.39 is 5.67 Å². The first-order chi connectivity index (χ1) is 9.26. The number of rotatable bonds is 5. The van der Waals surface area contributed by atoms with Gasteiger partial charge in [-0.25, -0.2) is 4.39 Å². The van der Waals surface area contributed by atoms with Crippen LogP contribution in [0.1, 0.15) is 44.7 Å². The second-order valence-corrected chi connectivity index (χ2v) is 6.17. The van der Waals surface area contributed by atoms with Crippen molar-refractivity contribution in [2.45, 2.75) is 50.7 Å². The minimum absolute atomic E-state index is 0.0142. The van der Waals surface area contributed by atoms with E-state index in [9.17, 15) is 4.39 Å². The van der Waals surface area contributed by atoms with Crippen LogP contribution in [-0.4, -0.2) is 20.3 Å². The highest BCUT2D eigenvalue weighted by molar-refractivity contribution is 5.54. The third-order valence-electron chi connectivity index (χ3n) is 4.36. The Kier molecular flexibility index (Phi) is 3.71. The molecule has 20 heavy (non-hydrogen) atoms. The van der Waals surface area contributed by atoms with E-state index in [0.717, 1.165) is 24.2 Å². The van der Waals surface area contributed by atoms with Crippen LogP contribution >= 0.6 is 0 Å². The van der Waals surface area contributed by atoms with Crippen LogP contribution in [0.3, 0.4) is 0 Å². The Bertz CT molecular complexity index is 502. The van der Waals surface area contributed by atoms with Crippen molar-refractivity contribution in [2.75, 3.05) is 14.2 Å². The summed E-state index contributed by atoms with van der Waals surface area (Å²) in [6.07, 6.45) is 2.03. The van der Waals surface area contributed by atoms with Crippen LogP contribution in [0.25, 0.3) is 0 Å². The van der Waals surface area contributed by atoms with Crippen molar-refractivity contribution < 1.29 is 13.9 Å². The molecule has 1 aliphatic carbocycles. The molecule has 0 saturated heterocycles. The number of alkyl halides is 1. The number of hydrogen-bond acceptors (Lipinski definition) is 3. The second-order valence-electron chi connectivity index (χ2n) is 6.17. The molecule has 4 heteroatoms. The molecule has 2 rings (SSSR count). The molecule has 3 nitrogen and oxygen atoms in total. The van der Waals surface area contributed by atoms with Crippen molar-refractivity contribution in [1.29, 1.82) is 0 Å². The molecule has 0 aromatic heterocycles. The van der Waals surface area contributed by atoms with Crippen molar-refractivity contribution in [3.8, 4) is 11.5 Å². The Morgan fingerprint density at radius 1 is 1.20 bits per heavy atom. The van der Waals surface area contributed by atoms with Gasteiger partial charge < -0.3 is 15.2 Å². The van der Waals surface area contributed by atoms with E-state index in [1.165, 1.54) is 13.8 Å². The number of halogens is 1. The predicted molar refractivity (Wildman–Crippen MR) is 78.2 cm³/mol. The van der Waals surface area contributed by atoms with E-state index >= 15 is 0 Å². The summed E-state index contributed by atoms with van der Waals surface area (Å²) in [5, 5.41) is 0. The van der Waals surface area contributed by atoms with Crippen molar-refractivity contribution in [2.24, 2.45) is 5.73 Å². The Morgan fingerprint density at radius 3 is 2.10 bits per heavy atom. The highest BCUT2D eigenvalue weighted by Crippen LogP contribution is 2.55. The summed E-state index contributed by atoms with van der Waals surface area (Å²) in [5.74, 6) is 1.24. The molecule has 0 bridgehead atoms. The summed E-state index contributed by atoms with van der Waals surface area (Å²) in [4.78, 5) is 0. The van der Waals surface area contributed by atoms with Gasteiger partial charge in [0.05, 0.1) is 14.2 Å². The second kappa shape index (κ2) is 4.92. The van der Waals surface area contributed by atoms with E-state index in [-0.39, 0.29) is 11.5 Å². The van der Waals surface area contributed by atoms with Crippen LogP contribution in [0.15, 0.2) is 12.1 Å². The maximum absolute atomic E-state index is 14.4. The van der Waals surface area contributed by atoms with Gasteiger partial charge in [0.15, 0.2) is 0 Å². The van der Waals surface area contributed by atoms with Crippen molar-refractivity contribution >= 4 is 0 Å². The third kappa shape index (κ3) is 2.37. The number of ether oxygens (including phenoxy) is 2. The smallest absolute Gasteiger partial charge is 0.134 e. The Labute approximate surface area is 120 Å². The normalized spacial score (nSPS) is 18.6. The van der Waals surface area contributed by atoms with Gasteiger partial charge in [0.1, 0.15) is 17.2 Å². The molecular weight excluding hydrogens is 257 g/mol. The lowest BCUT2D eigenvalue weighted by molar-refractivity contribution is 0.212. The molecule has 2 N–H and O–H groups in total. The van der Waals surface area contributed by atoms with Crippen LogP contribution in [0.5, 0.6) is 11.5 Å². The zero-order chi connectivity index (χ0) is 15.1. The van der Waals surface area contributed by atoms with Gasteiger partial charge in [-0.3, -0.25) is 0 Å². The van der Waals surface area contributed by atoms with Gasteiger partial charge in [0, 0.05) is 28.7 Å². The van der Waals surface area contributed by atoms with Crippen molar-refractivity contribution in [3.05, 3.63) is 23.3 Å². The highest BCUT2D eigenvalue weighted by Gasteiger charge is 2.49. The highest BCUT2D eigenvalue weighted by atomic mass is 19.1. The van der Waals surface area contributed by atoms with Crippen LogP contribution in [0.4, 0.5) is 4.39 Å². The summed E-state index contributed by atoms with van der Waals surface area (Å²) < 4.78 is 25.2. The zero-order valence-electron chi connectivity index (χ0n) is 12.9. The first-order valence-corrected chi connectivity index (χ1v) is 6.97. The molecule has 1 saturated carbocycles. The fraction of sp³-hybridized carbons (Fsp3) is 0.625. The zero-order valence-corrected chi connectivity index (χ0v) is 12.9. The van der Waals surface area contributed by atoms with Crippen molar-refractivity contribution in [3.63, 3.8) is 0 Å². The quantitative estimate of drug-likeness (QED) is 0.900. The lowest BCUT2D eigenvalue weighted by Crippen LogP contribution is -2.32. The third-order valence-corrected chi connectivity index (χ3v) is 4.36. The Hall–Kier alpha value is -1.29. The fourth-order valence-electron chi connectivity index (χ4n) is 2.86. The van der Waals surface area contributed by atoms with E-state index in [2.05, 4.69) is 0 Å². The van der Waals surface area contributed by atoms with Gasteiger partial charge in [-0.1, -0.05) is 0 Å². The number of hydrogen-bond donors (Lipinski definition) is 1. The summed E-state index contributed by atoms with van der Waals surface area (Å²) in [6, 6.07) is 3.66. The number of nitrogens with two attached hydrogens (primary N) is 1. The van der Waals surface area contributed by atoms with E-state index in [1.54, 1.807) is 20.3 Å².